The van der Waals surface area contributed by atoms with E-state index < -0.39 is 5.41 Å². The Balaban J connectivity index is 2.24. The highest BCUT2D eigenvalue weighted by Crippen LogP contribution is 2.24. The Kier molecular flexibility index (Phi) is 5.72. The lowest BCUT2D eigenvalue weighted by atomic mass is 9.95. The molecule has 0 aliphatic carbocycles. The van der Waals surface area contributed by atoms with Crippen molar-refractivity contribution >= 4 is 23.2 Å². The van der Waals surface area contributed by atoms with Crippen LogP contribution in [0.2, 0.25) is 0 Å². The molecule has 6 nitrogen and oxygen atoms in total. The first kappa shape index (κ1) is 18.8. The van der Waals surface area contributed by atoms with Crippen molar-refractivity contribution in [1.82, 2.24) is 15.2 Å². The number of amides is 1. The number of hydrogen-bond donors (Lipinski definition) is 2. The molecule has 0 bridgehead atoms. The van der Waals surface area contributed by atoms with Gasteiger partial charge in [0, 0.05) is 16.8 Å². The van der Waals surface area contributed by atoms with Gasteiger partial charge in [-0.3, -0.25) is 4.79 Å². The summed E-state index contributed by atoms with van der Waals surface area (Å²) in [7, 11) is 0. The van der Waals surface area contributed by atoms with Gasteiger partial charge >= 0.3 is 0 Å². The van der Waals surface area contributed by atoms with E-state index in [1.54, 1.807) is 0 Å². The zero-order valence-electron chi connectivity index (χ0n) is 15.9. The van der Waals surface area contributed by atoms with Gasteiger partial charge in [-0.15, -0.1) is 10.2 Å². The van der Waals surface area contributed by atoms with Gasteiger partial charge in [0.2, 0.25) is 11.9 Å². The highest BCUT2D eigenvalue weighted by molar-refractivity contribution is 5.95. The first-order valence-electron chi connectivity index (χ1n) is 8.66. The zero-order chi connectivity index (χ0) is 18.6. The molecular weight excluding hydrogens is 314 g/mol. The molecule has 25 heavy (non-hydrogen) atoms. The van der Waals surface area contributed by atoms with Gasteiger partial charge in [-0.1, -0.05) is 40.7 Å². The Morgan fingerprint density at radius 1 is 1.08 bits per heavy atom. The Morgan fingerprint density at radius 2 is 1.76 bits per heavy atom. The molecule has 6 heteroatoms. The van der Waals surface area contributed by atoms with Crippen LogP contribution >= 0.6 is 0 Å². The molecule has 0 atom stereocenters. The number of aromatic nitrogens is 3. The molecule has 1 aromatic carbocycles. The van der Waals surface area contributed by atoms with E-state index in [0.717, 1.165) is 41.2 Å². The van der Waals surface area contributed by atoms with Crippen LogP contribution in [0, 0.1) is 12.3 Å². The Labute approximate surface area is 149 Å². The summed E-state index contributed by atoms with van der Waals surface area (Å²) in [5.41, 5.74) is 4.01. The van der Waals surface area contributed by atoms with Gasteiger partial charge in [-0.05, 0) is 37.5 Å². The van der Waals surface area contributed by atoms with Crippen molar-refractivity contribution in [2.45, 2.75) is 54.4 Å². The number of carbonyl (C=O) groups excluding carboxylic acids is 1. The van der Waals surface area contributed by atoms with Crippen LogP contribution in [0.3, 0.4) is 0 Å². The van der Waals surface area contributed by atoms with E-state index in [0.29, 0.717) is 5.95 Å². The fourth-order valence-electron chi connectivity index (χ4n) is 2.26. The molecule has 2 N–H and O–H groups in total. The first-order chi connectivity index (χ1) is 11.7. The third-order valence-electron chi connectivity index (χ3n) is 3.93. The van der Waals surface area contributed by atoms with Gasteiger partial charge < -0.3 is 10.6 Å². The molecule has 0 fully saturated rings. The first-order valence-corrected chi connectivity index (χ1v) is 8.66. The second kappa shape index (κ2) is 7.59. The summed E-state index contributed by atoms with van der Waals surface area (Å²) in [5, 5.41) is 14.5. The molecular formula is C19H27N5O. The minimum Gasteiger partial charge on any atom is -0.325 e. The van der Waals surface area contributed by atoms with Crippen LogP contribution in [-0.2, 0) is 17.6 Å². The van der Waals surface area contributed by atoms with Gasteiger partial charge in [0.15, 0.2) is 0 Å². The van der Waals surface area contributed by atoms with Crippen LogP contribution in [0.15, 0.2) is 18.2 Å². The third-order valence-corrected chi connectivity index (χ3v) is 3.93. The lowest BCUT2D eigenvalue weighted by Gasteiger charge is -2.19. The van der Waals surface area contributed by atoms with Crippen molar-refractivity contribution in [3.8, 4) is 0 Å². The fourth-order valence-corrected chi connectivity index (χ4v) is 2.26. The number of benzene rings is 1. The second-order valence-corrected chi connectivity index (χ2v) is 7.09. The average molecular weight is 341 g/mol. The van der Waals surface area contributed by atoms with E-state index in [9.17, 15) is 4.79 Å². The summed E-state index contributed by atoms with van der Waals surface area (Å²) in [5.74, 6) is 0.442. The van der Waals surface area contributed by atoms with Gasteiger partial charge in [0.1, 0.15) is 0 Å². The minimum absolute atomic E-state index is 0.0220. The predicted octanol–water partition coefficient (Wildman–Crippen LogP) is 4.03. The number of nitrogens with one attached hydrogen (secondary N) is 2. The molecule has 1 heterocycles. The highest BCUT2D eigenvalue weighted by atomic mass is 16.2. The summed E-state index contributed by atoms with van der Waals surface area (Å²) in [4.78, 5) is 16.8. The summed E-state index contributed by atoms with van der Waals surface area (Å²) in [6.45, 7) is 11.7. The topological polar surface area (TPSA) is 79.8 Å². The Bertz CT molecular complexity index is 765. The molecule has 134 valence electrons. The molecule has 0 aliphatic rings. The standard InChI is InChI=1S/C19H27N5O/c1-7-14-15(8-2)23-24-18(22-14)20-13-10-9-12(3)16(11-13)21-17(25)19(4,5)6/h9-11H,7-8H2,1-6H3,(H,21,25)(H,20,22,24). The van der Waals surface area contributed by atoms with Crippen molar-refractivity contribution in [1.29, 1.82) is 0 Å². The van der Waals surface area contributed by atoms with Gasteiger partial charge in [-0.2, -0.15) is 0 Å². The molecule has 0 saturated carbocycles. The van der Waals surface area contributed by atoms with Crippen molar-refractivity contribution in [3.63, 3.8) is 0 Å². The van der Waals surface area contributed by atoms with Crippen LogP contribution < -0.4 is 10.6 Å². The monoisotopic (exact) mass is 341 g/mol. The molecule has 1 amide bonds. The average Bonchev–Trinajstić information content (AvgIpc) is 2.56. The van der Waals surface area contributed by atoms with Gasteiger partial charge in [0.25, 0.3) is 0 Å². The molecule has 1 aromatic heterocycles. The lowest BCUT2D eigenvalue weighted by Crippen LogP contribution is -2.27. The lowest BCUT2D eigenvalue weighted by molar-refractivity contribution is -0.123. The smallest absolute Gasteiger partial charge is 0.247 e. The Morgan fingerprint density at radius 3 is 2.36 bits per heavy atom. The third kappa shape index (κ3) is 4.75. The largest absolute Gasteiger partial charge is 0.325 e. The van der Waals surface area contributed by atoms with E-state index in [2.05, 4.69) is 32.7 Å². The maximum atomic E-state index is 12.2. The molecule has 0 spiro atoms. The second-order valence-electron chi connectivity index (χ2n) is 7.09. The summed E-state index contributed by atoms with van der Waals surface area (Å²) < 4.78 is 0. The molecule has 2 aromatic rings. The maximum absolute atomic E-state index is 12.2. The number of hydrogen-bond acceptors (Lipinski definition) is 5. The van der Waals surface area contributed by atoms with Crippen molar-refractivity contribution in [2.75, 3.05) is 10.6 Å². The fraction of sp³-hybridized carbons (Fsp3) is 0.474. The number of carbonyl (C=O) groups is 1. The summed E-state index contributed by atoms with van der Waals surface area (Å²) in [6, 6.07) is 5.78. The predicted molar refractivity (Wildman–Crippen MR) is 101 cm³/mol. The van der Waals surface area contributed by atoms with Crippen LogP contribution in [0.4, 0.5) is 17.3 Å². The summed E-state index contributed by atoms with van der Waals surface area (Å²) >= 11 is 0. The van der Waals surface area contributed by atoms with E-state index in [1.807, 2.05) is 52.8 Å². The van der Waals surface area contributed by atoms with Crippen molar-refractivity contribution in [2.24, 2.45) is 5.41 Å². The van der Waals surface area contributed by atoms with E-state index in [-0.39, 0.29) is 5.91 Å². The van der Waals surface area contributed by atoms with Crippen molar-refractivity contribution in [3.05, 3.63) is 35.2 Å². The van der Waals surface area contributed by atoms with E-state index >= 15 is 0 Å². The minimum atomic E-state index is -0.449. The number of rotatable bonds is 5. The van der Waals surface area contributed by atoms with Gasteiger partial charge in [0.05, 0.1) is 11.4 Å². The van der Waals surface area contributed by atoms with Crippen LogP contribution in [-0.4, -0.2) is 21.1 Å². The molecule has 2 rings (SSSR count). The number of anilines is 3. The maximum Gasteiger partial charge on any atom is 0.247 e. The zero-order valence-corrected chi connectivity index (χ0v) is 15.9. The number of nitrogens with zero attached hydrogens (tertiary/aromatic N) is 3. The van der Waals surface area contributed by atoms with Crippen molar-refractivity contribution < 1.29 is 4.79 Å². The quantitative estimate of drug-likeness (QED) is 0.858. The Hall–Kier alpha value is -2.50. The number of aryl methyl sites for hydroxylation is 3. The SMILES string of the molecule is CCc1nnc(Nc2ccc(C)c(NC(=O)C(C)(C)C)c2)nc1CC. The normalized spacial score (nSPS) is 11.3. The molecule has 0 radical (unpaired) electrons. The summed E-state index contributed by atoms with van der Waals surface area (Å²) in [6.07, 6.45) is 1.63. The van der Waals surface area contributed by atoms with Crippen LogP contribution in [0.5, 0.6) is 0 Å². The van der Waals surface area contributed by atoms with E-state index in [4.69, 9.17) is 0 Å². The molecule has 0 saturated heterocycles. The van der Waals surface area contributed by atoms with Crippen LogP contribution in [0.1, 0.15) is 51.6 Å². The highest BCUT2D eigenvalue weighted by Gasteiger charge is 2.21. The molecule has 0 aliphatic heterocycles. The van der Waals surface area contributed by atoms with Crippen LogP contribution in [0.25, 0.3) is 0 Å². The van der Waals surface area contributed by atoms with E-state index in [1.165, 1.54) is 0 Å². The molecule has 0 unspecified atom stereocenters. The van der Waals surface area contributed by atoms with Gasteiger partial charge in [-0.25, -0.2) is 4.98 Å².